The lowest BCUT2D eigenvalue weighted by molar-refractivity contribution is -0.145. The van der Waals surface area contributed by atoms with Gasteiger partial charge >= 0.3 is 11.9 Å². The van der Waals surface area contributed by atoms with Gasteiger partial charge in [-0.15, -0.1) is 0 Å². The van der Waals surface area contributed by atoms with Crippen LogP contribution in [0.5, 0.6) is 0 Å². The summed E-state index contributed by atoms with van der Waals surface area (Å²) in [4.78, 5) is 33.1. The standard InChI is InChI=1S/C12H13NO5/c1-7-4-2-3-5-8(7)11(16)13-9(12(17)18)6-10(14)15/h2-5,9H,6H2,1H3,(H,13,16)(H,14,15)(H,17,18)/t9-/m1/s1. The lowest BCUT2D eigenvalue weighted by atomic mass is 10.1. The summed E-state index contributed by atoms with van der Waals surface area (Å²) in [6, 6.07) is 5.22. The molecule has 0 aliphatic carbocycles. The van der Waals surface area contributed by atoms with Crippen LogP contribution in [0, 0.1) is 6.92 Å². The first-order chi connectivity index (χ1) is 8.41. The molecule has 3 N–H and O–H groups in total. The topological polar surface area (TPSA) is 104 Å². The third-order valence-electron chi connectivity index (χ3n) is 2.37. The number of carboxylic acid groups (broad SMARTS) is 2. The summed E-state index contributed by atoms with van der Waals surface area (Å²) in [6.07, 6.45) is -0.660. The van der Waals surface area contributed by atoms with Crippen molar-refractivity contribution in [2.45, 2.75) is 19.4 Å². The van der Waals surface area contributed by atoms with Gasteiger partial charge in [-0.1, -0.05) is 18.2 Å². The zero-order chi connectivity index (χ0) is 13.7. The van der Waals surface area contributed by atoms with Crippen LogP contribution in [0.3, 0.4) is 0 Å². The Morgan fingerprint density at radius 3 is 2.33 bits per heavy atom. The van der Waals surface area contributed by atoms with Crippen molar-refractivity contribution in [3.8, 4) is 0 Å². The molecule has 0 aromatic heterocycles. The van der Waals surface area contributed by atoms with Crippen LogP contribution in [-0.2, 0) is 9.59 Å². The Labute approximate surface area is 103 Å². The highest BCUT2D eigenvalue weighted by Crippen LogP contribution is 2.07. The number of carbonyl (C=O) groups excluding carboxylic acids is 1. The molecule has 0 saturated heterocycles. The van der Waals surface area contributed by atoms with E-state index < -0.39 is 30.3 Å². The zero-order valence-corrected chi connectivity index (χ0v) is 9.71. The molecule has 6 heteroatoms. The molecule has 6 nitrogen and oxygen atoms in total. The summed E-state index contributed by atoms with van der Waals surface area (Å²) in [6.45, 7) is 1.71. The lowest BCUT2D eigenvalue weighted by Gasteiger charge is -2.13. The fourth-order valence-electron chi connectivity index (χ4n) is 1.44. The maximum Gasteiger partial charge on any atom is 0.326 e. The fraction of sp³-hybridized carbons (Fsp3) is 0.250. The molecule has 0 unspecified atom stereocenters. The lowest BCUT2D eigenvalue weighted by Crippen LogP contribution is -2.42. The molecular formula is C12H13NO5. The minimum atomic E-state index is -1.44. The summed E-state index contributed by atoms with van der Waals surface area (Å²) in [5.41, 5.74) is 1.02. The van der Waals surface area contributed by atoms with Gasteiger partial charge < -0.3 is 15.5 Å². The van der Waals surface area contributed by atoms with Gasteiger partial charge in [0.2, 0.25) is 0 Å². The van der Waals surface area contributed by atoms with Crippen LogP contribution < -0.4 is 5.32 Å². The third-order valence-corrected chi connectivity index (χ3v) is 2.37. The number of carbonyl (C=O) groups is 3. The molecule has 0 bridgehead atoms. The van der Waals surface area contributed by atoms with Crippen molar-refractivity contribution in [2.75, 3.05) is 0 Å². The van der Waals surface area contributed by atoms with Crippen LogP contribution in [0.4, 0.5) is 0 Å². The minimum absolute atomic E-state index is 0.328. The molecule has 96 valence electrons. The number of carboxylic acids is 2. The molecular weight excluding hydrogens is 238 g/mol. The van der Waals surface area contributed by atoms with Crippen LogP contribution in [-0.4, -0.2) is 34.1 Å². The van der Waals surface area contributed by atoms with Gasteiger partial charge in [0, 0.05) is 5.56 Å². The Kier molecular flexibility index (Phi) is 4.42. The van der Waals surface area contributed by atoms with E-state index in [2.05, 4.69) is 5.32 Å². The fourth-order valence-corrected chi connectivity index (χ4v) is 1.44. The van der Waals surface area contributed by atoms with E-state index in [0.717, 1.165) is 0 Å². The molecule has 0 aliphatic heterocycles. The monoisotopic (exact) mass is 251 g/mol. The quantitative estimate of drug-likeness (QED) is 0.713. The summed E-state index contributed by atoms with van der Waals surface area (Å²) in [5, 5.41) is 19.6. The van der Waals surface area contributed by atoms with Gasteiger partial charge in [0.15, 0.2) is 0 Å². The van der Waals surface area contributed by atoms with E-state index in [4.69, 9.17) is 10.2 Å². The van der Waals surface area contributed by atoms with Gasteiger partial charge in [-0.05, 0) is 18.6 Å². The third kappa shape index (κ3) is 3.58. The molecule has 0 heterocycles. The van der Waals surface area contributed by atoms with E-state index in [1.165, 1.54) is 0 Å². The highest BCUT2D eigenvalue weighted by Gasteiger charge is 2.23. The number of hydrogen-bond donors (Lipinski definition) is 3. The molecule has 1 aromatic carbocycles. The van der Waals surface area contributed by atoms with E-state index in [-0.39, 0.29) is 0 Å². The van der Waals surface area contributed by atoms with E-state index in [0.29, 0.717) is 11.1 Å². The van der Waals surface area contributed by atoms with Crippen LogP contribution in [0.15, 0.2) is 24.3 Å². The zero-order valence-electron chi connectivity index (χ0n) is 9.71. The number of amides is 1. The van der Waals surface area contributed by atoms with Crippen molar-refractivity contribution in [2.24, 2.45) is 0 Å². The van der Waals surface area contributed by atoms with Crippen molar-refractivity contribution < 1.29 is 24.6 Å². The van der Waals surface area contributed by atoms with Crippen molar-refractivity contribution in [1.29, 1.82) is 0 Å². The van der Waals surface area contributed by atoms with Crippen molar-refractivity contribution in [3.05, 3.63) is 35.4 Å². The first-order valence-electron chi connectivity index (χ1n) is 5.23. The van der Waals surface area contributed by atoms with Gasteiger partial charge in [-0.25, -0.2) is 4.79 Å². The Morgan fingerprint density at radius 1 is 1.22 bits per heavy atom. The summed E-state index contributed by atoms with van der Waals surface area (Å²) >= 11 is 0. The second-order valence-corrected chi connectivity index (χ2v) is 3.78. The Bertz CT molecular complexity index is 483. The molecule has 1 atom stereocenters. The SMILES string of the molecule is Cc1ccccc1C(=O)N[C@H](CC(=O)O)C(=O)O. The molecule has 0 aliphatic rings. The minimum Gasteiger partial charge on any atom is -0.481 e. The van der Waals surface area contributed by atoms with Gasteiger partial charge in [-0.3, -0.25) is 9.59 Å². The van der Waals surface area contributed by atoms with Crippen LogP contribution in [0.1, 0.15) is 22.3 Å². The van der Waals surface area contributed by atoms with Gasteiger partial charge in [0.25, 0.3) is 5.91 Å². The summed E-state index contributed by atoms with van der Waals surface area (Å²) < 4.78 is 0. The Hall–Kier alpha value is -2.37. The first-order valence-corrected chi connectivity index (χ1v) is 5.23. The Morgan fingerprint density at radius 2 is 1.83 bits per heavy atom. The molecule has 0 radical (unpaired) electrons. The summed E-state index contributed by atoms with van der Waals surface area (Å²) in [5.74, 6) is -3.26. The maximum atomic E-state index is 11.8. The van der Waals surface area contributed by atoms with Crippen molar-refractivity contribution >= 4 is 17.8 Å². The van der Waals surface area contributed by atoms with Gasteiger partial charge in [0.1, 0.15) is 6.04 Å². The van der Waals surface area contributed by atoms with Crippen LogP contribution in [0.2, 0.25) is 0 Å². The largest absolute Gasteiger partial charge is 0.481 e. The van der Waals surface area contributed by atoms with E-state index >= 15 is 0 Å². The number of benzene rings is 1. The van der Waals surface area contributed by atoms with Gasteiger partial charge in [0.05, 0.1) is 6.42 Å². The van der Waals surface area contributed by atoms with E-state index in [1.807, 2.05) is 0 Å². The maximum absolute atomic E-state index is 11.8. The number of hydrogen-bond acceptors (Lipinski definition) is 3. The normalized spacial score (nSPS) is 11.6. The average molecular weight is 251 g/mol. The molecule has 1 aromatic rings. The van der Waals surface area contributed by atoms with E-state index in [9.17, 15) is 14.4 Å². The molecule has 0 saturated carbocycles. The molecule has 1 amide bonds. The van der Waals surface area contributed by atoms with Crippen LogP contribution >= 0.6 is 0 Å². The highest BCUT2D eigenvalue weighted by atomic mass is 16.4. The number of aliphatic carboxylic acids is 2. The summed E-state index contributed by atoms with van der Waals surface area (Å²) in [7, 11) is 0. The van der Waals surface area contributed by atoms with Gasteiger partial charge in [-0.2, -0.15) is 0 Å². The predicted octanol–water partition coefficient (Wildman–Crippen LogP) is 0.653. The predicted molar refractivity (Wildman–Crippen MR) is 62.3 cm³/mol. The highest BCUT2D eigenvalue weighted by molar-refractivity contribution is 5.98. The van der Waals surface area contributed by atoms with Crippen molar-refractivity contribution in [3.63, 3.8) is 0 Å². The second kappa shape index (κ2) is 5.81. The number of rotatable bonds is 5. The van der Waals surface area contributed by atoms with Crippen molar-refractivity contribution in [1.82, 2.24) is 5.32 Å². The first kappa shape index (κ1) is 13.7. The average Bonchev–Trinajstić information content (AvgIpc) is 2.27. The smallest absolute Gasteiger partial charge is 0.326 e. The molecule has 1 rings (SSSR count). The molecule has 0 fully saturated rings. The number of aryl methyl sites for hydroxylation is 1. The molecule has 18 heavy (non-hydrogen) atoms. The second-order valence-electron chi connectivity index (χ2n) is 3.78. The van der Waals surface area contributed by atoms with E-state index in [1.54, 1.807) is 31.2 Å². The van der Waals surface area contributed by atoms with Crippen LogP contribution in [0.25, 0.3) is 0 Å². The Balaban J connectivity index is 2.82. The number of nitrogens with one attached hydrogen (secondary N) is 1. The molecule has 0 spiro atoms.